The summed E-state index contributed by atoms with van der Waals surface area (Å²) in [6.45, 7) is 1.79. The minimum absolute atomic E-state index is 0.566. The Morgan fingerprint density at radius 1 is 1.58 bits per heavy atom. The molecule has 0 saturated carbocycles. The molecule has 0 aliphatic carbocycles. The molecule has 0 atom stereocenters. The zero-order valence-electron chi connectivity index (χ0n) is 6.66. The molecule has 0 radical (unpaired) electrons. The second kappa shape index (κ2) is 3.13. The van der Waals surface area contributed by atoms with Crippen LogP contribution >= 0.6 is 0 Å². The van der Waals surface area contributed by atoms with E-state index in [-0.39, 0.29) is 0 Å². The van der Waals surface area contributed by atoms with Crippen molar-refractivity contribution in [2.24, 2.45) is 0 Å². The van der Waals surface area contributed by atoms with Gasteiger partial charge in [-0.2, -0.15) is 0 Å². The van der Waals surface area contributed by atoms with E-state index < -0.39 is 6.09 Å². The van der Waals surface area contributed by atoms with Crippen molar-refractivity contribution in [1.29, 1.82) is 0 Å². The van der Waals surface area contributed by atoms with Crippen molar-refractivity contribution in [3.8, 4) is 0 Å². The lowest BCUT2D eigenvalue weighted by molar-refractivity contribution is 0.209. The molecule has 4 nitrogen and oxygen atoms in total. The van der Waals surface area contributed by atoms with Gasteiger partial charge >= 0.3 is 6.09 Å². The topological polar surface area (TPSA) is 75.3 Å². The Labute approximate surface area is 70.0 Å². The quantitative estimate of drug-likeness (QED) is 0.555. The number of rotatable bonds is 1. The third kappa shape index (κ3) is 1.88. The van der Waals surface area contributed by atoms with E-state index in [0.717, 1.165) is 5.56 Å². The van der Waals surface area contributed by atoms with Crippen LogP contribution < -0.4 is 11.1 Å². The first-order chi connectivity index (χ1) is 5.59. The van der Waals surface area contributed by atoms with Gasteiger partial charge in [0.25, 0.3) is 0 Å². The second-order valence-electron chi connectivity index (χ2n) is 2.50. The molecule has 1 rings (SSSR count). The molecule has 0 spiro atoms. The van der Waals surface area contributed by atoms with Crippen LogP contribution in [0, 0.1) is 6.92 Å². The molecule has 1 aromatic carbocycles. The molecule has 0 fully saturated rings. The summed E-state index contributed by atoms with van der Waals surface area (Å²) < 4.78 is 0. The van der Waals surface area contributed by atoms with Crippen LogP contribution in [0.2, 0.25) is 0 Å². The number of anilines is 2. The van der Waals surface area contributed by atoms with Gasteiger partial charge in [0.05, 0.1) is 0 Å². The minimum Gasteiger partial charge on any atom is -0.465 e. The molecule has 64 valence electrons. The van der Waals surface area contributed by atoms with Gasteiger partial charge in [0.2, 0.25) is 0 Å². The van der Waals surface area contributed by atoms with Crippen LogP contribution in [0.3, 0.4) is 0 Å². The molecule has 1 amide bonds. The Bertz CT molecular complexity index is 310. The minimum atomic E-state index is -1.07. The molecule has 0 bridgehead atoms. The molecule has 0 heterocycles. The van der Waals surface area contributed by atoms with Crippen LogP contribution in [0.1, 0.15) is 5.56 Å². The molecule has 0 unspecified atom stereocenters. The smallest absolute Gasteiger partial charge is 0.409 e. The fourth-order valence-corrected chi connectivity index (χ4v) is 0.942. The molecule has 0 aromatic heterocycles. The number of benzene rings is 1. The second-order valence-corrected chi connectivity index (χ2v) is 2.50. The van der Waals surface area contributed by atoms with Crippen LogP contribution in [0.15, 0.2) is 18.2 Å². The van der Waals surface area contributed by atoms with E-state index in [1.54, 1.807) is 25.1 Å². The van der Waals surface area contributed by atoms with E-state index in [9.17, 15) is 4.79 Å². The Kier molecular flexibility index (Phi) is 2.19. The van der Waals surface area contributed by atoms with Gasteiger partial charge in [0.15, 0.2) is 0 Å². The van der Waals surface area contributed by atoms with Crippen molar-refractivity contribution in [3.05, 3.63) is 23.8 Å². The van der Waals surface area contributed by atoms with Crippen LogP contribution in [-0.4, -0.2) is 11.2 Å². The van der Waals surface area contributed by atoms with E-state index in [2.05, 4.69) is 5.32 Å². The predicted octanol–water partition coefficient (Wildman–Crippen LogP) is 1.67. The van der Waals surface area contributed by atoms with E-state index in [0.29, 0.717) is 11.4 Å². The number of nitrogens with two attached hydrogens (primary N) is 1. The number of nitrogens with one attached hydrogen (secondary N) is 1. The fraction of sp³-hybridized carbons (Fsp3) is 0.125. The highest BCUT2D eigenvalue weighted by molar-refractivity contribution is 5.84. The Balaban J connectivity index is 2.93. The highest BCUT2D eigenvalue weighted by atomic mass is 16.4. The van der Waals surface area contributed by atoms with Gasteiger partial charge in [0, 0.05) is 11.4 Å². The van der Waals surface area contributed by atoms with Gasteiger partial charge in [0.1, 0.15) is 0 Å². The van der Waals surface area contributed by atoms with Gasteiger partial charge in [-0.25, -0.2) is 4.79 Å². The molecule has 0 aliphatic rings. The summed E-state index contributed by atoms with van der Waals surface area (Å²) in [5.74, 6) is 0. The van der Waals surface area contributed by atoms with Crippen molar-refractivity contribution in [2.75, 3.05) is 11.1 Å². The van der Waals surface area contributed by atoms with Crippen molar-refractivity contribution in [1.82, 2.24) is 0 Å². The summed E-state index contributed by atoms with van der Waals surface area (Å²) in [5.41, 5.74) is 7.49. The standard InChI is InChI=1S/C8H10N2O2/c1-5-4-6(9)2-3-7(5)10-8(11)12/h2-4,10H,9H2,1H3,(H,11,12). The highest BCUT2D eigenvalue weighted by Crippen LogP contribution is 2.17. The highest BCUT2D eigenvalue weighted by Gasteiger charge is 2.00. The molecule has 4 N–H and O–H groups in total. The monoisotopic (exact) mass is 166 g/mol. The first-order valence-electron chi connectivity index (χ1n) is 3.45. The lowest BCUT2D eigenvalue weighted by atomic mass is 10.2. The van der Waals surface area contributed by atoms with E-state index >= 15 is 0 Å². The van der Waals surface area contributed by atoms with Crippen LogP contribution in [0.5, 0.6) is 0 Å². The maximum absolute atomic E-state index is 10.3. The first-order valence-corrected chi connectivity index (χ1v) is 3.45. The number of amides is 1. The summed E-state index contributed by atoms with van der Waals surface area (Å²) in [5, 5.41) is 10.7. The number of hydrogen-bond acceptors (Lipinski definition) is 2. The number of aryl methyl sites for hydroxylation is 1. The average Bonchev–Trinajstić information content (AvgIpc) is 1.94. The maximum atomic E-state index is 10.3. The van der Waals surface area contributed by atoms with E-state index in [4.69, 9.17) is 10.8 Å². The fourth-order valence-electron chi connectivity index (χ4n) is 0.942. The summed E-state index contributed by atoms with van der Waals surface area (Å²) >= 11 is 0. The van der Waals surface area contributed by atoms with Gasteiger partial charge < -0.3 is 10.8 Å². The molecule has 4 heteroatoms. The Morgan fingerprint density at radius 3 is 2.75 bits per heavy atom. The van der Waals surface area contributed by atoms with Crippen LogP contribution in [-0.2, 0) is 0 Å². The first kappa shape index (κ1) is 8.39. The van der Waals surface area contributed by atoms with E-state index in [1.807, 2.05) is 0 Å². The van der Waals surface area contributed by atoms with Gasteiger partial charge in [-0.15, -0.1) is 0 Å². The Hall–Kier alpha value is -1.71. The van der Waals surface area contributed by atoms with Crippen molar-refractivity contribution in [3.63, 3.8) is 0 Å². The number of carbonyl (C=O) groups is 1. The number of carboxylic acid groups (broad SMARTS) is 1. The van der Waals surface area contributed by atoms with Crippen molar-refractivity contribution >= 4 is 17.5 Å². The van der Waals surface area contributed by atoms with Crippen LogP contribution in [0.25, 0.3) is 0 Å². The van der Waals surface area contributed by atoms with Gasteiger partial charge in [-0.05, 0) is 30.7 Å². The SMILES string of the molecule is Cc1cc(N)ccc1NC(=O)O. The third-order valence-corrected chi connectivity index (χ3v) is 1.49. The zero-order valence-corrected chi connectivity index (χ0v) is 6.66. The third-order valence-electron chi connectivity index (χ3n) is 1.49. The maximum Gasteiger partial charge on any atom is 0.409 e. The summed E-state index contributed by atoms with van der Waals surface area (Å²) in [4.78, 5) is 10.3. The van der Waals surface area contributed by atoms with Gasteiger partial charge in [-0.1, -0.05) is 0 Å². The summed E-state index contributed by atoms with van der Waals surface area (Å²) in [7, 11) is 0. The normalized spacial score (nSPS) is 9.42. The van der Waals surface area contributed by atoms with E-state index in [1.165, 1.54) is 0 Å². The Morgan fingerprint density at radius 2 is 2.25 bits per heavy atom. The molecule has 0 aliphatic heterocycles. The molecular formula is C8H10N2O2. The number of hydrogen-bond donors (Lipinski definition) is 3. The lowest BCUT2D eigenvalue weighted by Crippen LogP contribution is -2.08. The molecule has 0 saturated heterocycles. The van der Waals surface area contributed by atoms with Gasteiger partial charge in [-0.3, -0.25) is 5.32 Å². The van der Waals surface area contributed by atoms with Crippen molar-refractivity contribution in [2.45, 2.75) is 6.92 Å². The largest absolute Gasteiger partial charge is 0.465 e. The molecule has 12 heavy (non-hydrogen) atoms. The predicted molar refractivity (Wildman–Crippen MR) is 47.2 cm³/mol. The van der Waals surface area contributed by atoms with Crippen LogP contribution in [0.4, 0.5) is 16.2 Å². The molecular weight excluding hydrogens is 156 g/mol. The average molecular weight is 166 g/mol. The summed E-state index contributed by atoms with van der Waals surface area (Å²) in [6.07, 6.45) is -1.07. The lowest BCUT2D eigenvalue weighted by Gasteiger charge is -2.04. The number of nitrogen functional groups attached to an aromatic ring is 1. The molecule has 1 aromatic rings. The van der Waals surface area contributed by atoms with Crippen molar-refractivity contribution < 1.29 is 9.90 Å². The summed E-state index contributed by atoms with van der Waals surface area (Å²) in [6, 6.07) is 5.00. The zero-order chi connectivity index (χ0) is 9.14.